The summed E-state index contributed by atoms with van der Waals surface area (Å²) in [6.45, 7) is 4.46. The first kappa shape index (κ1) is 25.1. The second kappa shape index (κ2) is 11.1. The fourth-order valence-electron chi connectivity index (χ4n) is 2.89. The molecule has 2 aromatic heterocycles. The quantitative estimate of drug-likeness (QED) is 0.316. The van der Waals surface area contributed by atoms with E-state index >= 15 is 0 Å². The number of nitriles is 1. The summed E-state index contributed by atoms with van der Waals surface area (Å²) in [6.07, 6.45) is 2.39. The zero-order valence-electron chi connectivity index (χ0n) is 18.4. The molecule has 0 bridgehead atoms. The van der Waals surface area contributed by atoms with E-state index < -0.39 is 17.7 Å². The van der Waals surface area contributed by atoms with Crippen LogP contribution < -0.4 is 15.1 Å². The Morgan fingerprint density at radius 1 is 1.26 bits per heavy atom. The van der Waals surface area contributed by atoms with Gasteiger partial charge >= 0.3 is 6.09 Å². The molecule has 0 radical (unpaired) electrons. The van der Waals surface area contributed by atoms with Crippen molar-refractivity contribution in [3.63, 3.8) is 0 Å². The molecule has 0 fully saturated rings. The minimum Gasteiger partial charge on any atom is -0.450 e. The first-order valence-electron chi connectivity index (χ1n) is 9.96. The van der Waals surface area contributed by atoms with E-state index in [1.807, 2.05) is 29.1 Å². The van der Waals surface area contributed by atoms with Crippen molar-refractivity contribution in [2.45, 2.75) is 20.4 Å². The van der Waals surface area contributed by atoms with E-state index in [-0.39, 0.29) is 6.61 Å². The molecule has 0 aliphatic rings. The molecule has 11 nitrogen and oxygen atoms in total. The SMILES string of the molecule is CCOC(=O)NC(=O)/C(C#N)=N/N(C)c1cc(Br)c(Oc2ncnc3c2ccn3CC)c(Br)c1. The van der Waals surface area contributed by atoms with Crippen LogP contribution in [0.2, 0.25) is 0 Å². The molecule has 2 heterocycles. The lowest BCUT2D eigenvalue weighted by atomic mass is 10.3. The zero-order chi connectivity index (χ0) is 24.8. The summed E-state index contributed by atoms with van der Waals surface area (Å²) in [6, 6.07) is 6.94. The molecule has 0 saturated carbocycles. The zero-order valence-corrected chi connectivity index (χ0v) is 21.5. The first-order valence-corrected chi connectivity index (χ1v) is 11.5. The molecule has 13 heteroatoms. The third kappa shape index (κ3) is 5.52. The van der Waals surface area contributed by atoms with E-state index in [4.69, 9.17) is 4.74 Å². The van der Waals surface area contributed by atoms with Crippen LogP contribution in [0, 0.1) is 11.3 Å². The van der Waals surface area contributed by atoms with Crippen molar-refractivity contribution in [2.24, 2.45) is 5.10 Å². The number of ether oxygens (including phenoxy) is 2. The fraction of sp³-hybridized carbons (Fsp3) is 0.238. The van der Waals surface area contributed by atoms with Crippen molar-refractivity contribution >= 4 is 66.3 Å². The number of carbonyl (C=O) groups excluding carboxylic acids is 2. The molecule has 0 atom stereocenters. The van der Waals surface area contributed by atoms with Gasteiger partial charge in [-0.05, 0) is 63.9 Å². The van der Waals surface area contributed by atoms with Crippen LogP contribution in [-0.4, -0.2) is 45.9 Å². The molecule has 3 rings (SSSR count). The Bertz CT molecular complexity index is 1290. The van der Waals surface area contributed by atoms with Gasteiger partial charge in [0.25, 0.3) is 5.91 Å². The lowest BCUT2D eigenvalue weighted by Gasteiger charge is -2.17. The van der Waals surface area contributed by atoms with Crippen LogP contribution in [0.3, 0.4) is 0 Å². The summed E-state index contributed by atoms with van der Waals surface area (Å²) in [5.41, 5.74) is 0.759. The molecular formula is C21H19Br2N7O4. The van der Waals surface area contributed by atoms with E-state index in [0.29, 0.717) is 26.3 Å². The van der Waals surface area contributed by atoms with E-state index in [1.165, 1.54) is 11.3 Å². The molecule has 1 aromatic carbocycles. The van der Waals surface area contributed by atoms with Gasteiger partial charge in [-0.2, -0.15) is 10.4 Å². The van der Waals surface area contributed by atoms with Crippen LogP contribution in [0.1, 0.15) is 13.8 Å². The number of anilines is 1. The number of benzene rings is 1. The predicted molar refractivity (Wildman–Crippen MR) is 132 cm³/mol. The van der Waals surface area contributed by atoms with Crippen LogP contribution in [0.25, 0.3) is 11.0 Å². The smallest absolute Gasteiger partial charge is 0.414 e. The third-order valence-corrected chi connectivity index (χ3v) is 5.66. The number of rotatable bonds is 7. The number of halogens is 2. The minimum atomic E-state index is -0.974. The van der Waals surface area contributed by atoms with Gasteiger partial charge in [-0.3, -0.25) is 15.1 Å². The number of hydrazone groups is 1. The van der Waals surface area contributed by atoms with Gasteiger partial charge in [0.15, 0.2) is 5.75 Å². The van der Waals surface area contributed by atoms with Gasteiger partial charge in [-0.15, -0.1) is 0 Å². The molecule has 2 amide bonds. The second-order valence-corrected chi connectivity index (χ2v) is 8.33. The number of hydrogen-bond donors (Lipinski definition) is 1. The molecular weight excluding hydrogens is 574 g/mol. The van der Waals surface area contributed by atoms with E-state index in [0.717, 1.165) is 17.6 Å². The Kier molecular flexibility index (Phi) is 8.19. The minimum absolute atomic E-state index is 0.0828. The van der Waals surface area contributed by atoms with Gasteiger partial charge in [0.2, 0.25) is 11.6 Å². The second-order valence-electron chi connectivity index (χ2n) is 6.62. The van der Waals surface area contributed by atoms with Crippen molar-refractivity contribution in [2.75, 3.05) is 18.7 Å². The maximum absolute atomic E-state index is 12.1. The standard InChI is InChI=1S/C21H19Br2N7O4/c1-4-30-7-6-13-18(30)25-11-26-20(13)34-17-14(22)8-12(9-15(17)23)29(3)28-16(10-24)19(31)27-21(32)33-5-2/h6-9,11H,4-5H2,1-3H3,(H,27,31,32)/b28-16+. The molecule has 0 aliphatic heterocycles. The number of hydrogen-bond acceptors (Lipinski definition) is 9. The third-order valence-electron chi connectivity index (χ3n) is 4.48. The summed E-state index contributed by atoms with van der Waals surface area (Å²) < 4.78 is 13.8. The lowest BCUT2D eigenvalue weighted by molar-refractivity contribution is -0.114. The number of nitrogens with zero attached hydrogens (tertiary/aromatic N) is 6. The Morgan fingerprint density at radius 3 is 2.59 bits per heavy atom. The molecule has 0 unspecified atom stereocenters. The number of aryl methyl sites for hydroxylation is 1. The molecule has 3 aromatic rings. The number of carbonyl (C=O) groups is 2. The number of alkyl carbamates (subject to hydrolysis) is 1. The molecule has 176 valence electrons. The van der Waals surface area contributed by atoms with Crippen molar-refractivity contribution in [1.29, 1.82) is 5.26 Å². The van der Waals surface area contributed by atoms with E-state index in [2.05, 4.69) is 51.7 Å². The van der Waals surface area contributed by atoms with Crippen LogP contribution in [0.5, 0.6) is 11.6 Å². The largest absolute Gasteiger partial charge is 0.450 e. The fourth-order valence-corrected chi connectivity index (χ4v) is 4.21. The van der Waals surface area contributed by atoms with Crippen molar-refractivity contribution < 1.29 is 19.1 Å². The van der Waals surface area contributed by atoms with E-state index in [1.54, 1.807) is 32.2 Å². The van der Waals surface area contributed by atoms with Gasteiger partial charge in [0.05, 0.1) is 26.6 Å². The highest BCUT2D eigenvalue weighted by molar-refractivity contribution is 9.11. The summed E-state index contributed by atoms with van der Waals surface area (Å²) in [4.78, 5) is 32.1. The first-order chi connectivity index (χ1) is 16.3. The monoisotopic (exact) mass is 591 g/mol. The lowest BCUT2D eigenvalue weighted by Crippen LogP contribution is -2.36. The van der Waals surface area contributed by atoms with Crippen LogP contribution >= 0.6 is 31.9 Å². The maximum atomic E-state index is 12.1. The van der Waals surface area contributed by atoms with Gasteiger partial charge in [-0.25, -0.2) is 14.8 Å². The van der Waals surface area contributed by atoms with Gasteiger partial charge < -0.3 is 14.0 Å². The predicted octanol–water partition coefficient (Wildman–Crippen LogP) is 4.36. The topological polar surface area (TPSA) is 135 Å². The van der Waals surface area contributed by atoms with Crippen molar-refractivity contribution in [3.8, 4) is 17.7 Å². The Balaban J connectivity index is 1.86. The van der Waals surface area contributed by atoms with Crippen molar-refractivity contribution in [1.82, 2.24) is 19.9 Å². The molecule has 0 spiro atoms. The number of amides is 2. The molecule has 1 N–H and O–H groups in total. The molecule has 0 aliphatic carbocycles. The van der Waals surface area contributed by atoms with Gasteiger partial charge in [0.1, 0.15) is 18.0 Å². The maximum Gasteiger partial charge on any atom is 0.414 e. The summed E-state index contributed by atoms with van der Waals surface area (Å²) in [5.74, 6) is -0.122. The summed E-state index contributed by atoms with van der Waals surface area (Å²) >= 11 is 6.97. The highest BCUT2D eigenvalue weighted by atomic mass is 79.9. The normalized spacial score (nSPS) is 11.1. The number of imide groups is 1. The number of fused-ring (bicyclic) bond motifs is 1. The van der Waals surface area contributed by atoms with Gasteiger partial charge in [0, 0.05) is 19.8 Å². The highest BCUT2D eigenvalue weighted by Gasteiger charge is 2.19. The average molecular weight is 593 g/mol. The Morgan fingerprint density at radius 2 is 1.97 bits per heavy atom. The van der Waals surface area contributed by atoms with E-state index in [9.17, 15) is 14.9 Å². The summed E-state index contributed by atoms with van der Waals surface area (Å²) in [7, 11) is 1.55. The Labute approximate surface area is 211 Å². The summed E-state index contributed by atoms with van der Waals surface area (Å²) in [5, 5.41) is 17.3. The number of nitrogens with one attached hydrogen (secondary N) is 1. The molecule has 34 heavy (non-hydrogen) atoms. The van der Waals surface area contributed by atoms with Crippen LogP contribution in [0.15, 0.2) is 44.8 Å². The van der Waals surface area contributed by atoms with Crippen molar-refractivity contribution in [3.05, 3.63) is 39.7 Å². The van der Waals surface area contributed by atoms with Gasteiger partial charge in [-0.1, -0.05) is 0 Å². The molecule has 0 saturated heterocycles. The van der Waals surface area contributed by atoms with Crippen LogP contribution in [-0.2, 0) is 16.1 Å². The Hall–Kier alpha value is -3.50. The average Bonchev–Trinajstić information content (AvgIpc) is 3.23. The van der Waals surface area contributed by atoms with Crippen LogP contribution in [0.4, 0.5) is 10.5 Å². The highest BCUT2D eigenvalue weighted by Crippen LogP contribution is 2.40. The number of aromatic nitrogens is 3.